The number of rotatable bonds is 13. The predicted octanol–water partition coefficient (Wildman–Crippen LogP) is 16.1. The number of aromatic carboxylic acids is 3. The van der Waals surface area contributed by atoms with Gasteiger partial charge in [0.2, 0.25) is 29.5 Å². The van der Waals surface area contributed by atoms with Gasteiger partial charge in [-0.05, 0) is 70.5 Å². The number of nitrogens with two attached hydrogens (primary N) is 4. The molecule has 13 rings (SSSR count). The molecule has 1 aliphatic heterocycles. The molecule has 0 saturated carbocycles. The molecule has 1 aliphatic rings. The summed E-state index contributed by atoms with van der Waals surface area (Å²) in [6.45, 7) is 16.3. The zero-order chi connectivity index (χ0) is 85.0. The van der Waals surface area contributed by atoms with Gasteiger partial charge in [0.05, 0.1) is 47.3 Å². The number of nitrogens with one attached hydrogen (secondary N) is 5. The number of nitrogens with zero attached hydrogens (tertiary/aromatic N) is 12. The van der Waals surface area contributed by atoms with Crippen LogP contribution in [0.4, 0.5) is 32.2 Å². The van der Waals surface area contributed by atoms with Crippen molar-refractivity contribution in [1.82, 2.24) is 65.0 Å². The third-order valence-corrected chi connectivity index (χ3v) is 19.2. The van der Waals surface area contributed by atoms with Crippen LogP contribution in [-0.4, -0.2) is 149 Å². The Morgan fingerprint density at radius 2 is 0.927 bits per heavy atom. The summed E-state index contributed by atoms with van der Waals surface area (Å²) in [6, 6.07) is 14.6. The van der Waals surface area contributed by atoms with Crippen molar-refractivity contribution in [2.75, 3.05) is 53.6 Å². The number of hydrogen-bond acceptors (Lipinski definition) is 28. The van der Waals surface area contributed by atoms with Gasteiger partial charge in [0.15, 0.2) is 37.4 Å². The van der Waals surface area contributed by atoms with Crippen molar-refractivity contribution in [3.63, 3.8) is 0 Å². The fourth-order valence-corrected chi connectivity index (χ4v) is 12.4. The van der Waals surface area contributed by atoms with Crippen LogP contribution in [0.25, 0.3) is 41.8 Å². The number of aromatic nitrogens is 12. The van der Waals surface area contributed by atoms with Gasteiger partial charge in [-0.3, -0.25) is 43.9 Å². The Morgan fingerprint density at radius 3 is 1.33 bits per heavy atom. The summed E-state index contributed by atoms with van der Waals surface area (Å²) in [5, 5.41) is 43.6. The van der Waals surface area contributed by atoms with Crippen LogP contribution in [0.3, 0.4) is 0 Å². The van der Waals surface area contributed by atoms with Gasteiger partial charge in [0.25, 0.3) is 0 Å². The van der Waals surface area contributed by atoms with Crippen LogP contribution in [0.5, 0.6) is 0 Å². The van der Waals surface area contributed by atoms with E-state index in [2.05, 4.69) is 117 Å². The van der Waals surface area contributed by atoms with Crippen molar-refractivity contribution in [2.45, 2.75) is 100 Å². The van der Waals surface area contributed by atoms with Crippen molar-refractivity contribution in [1.29, 1.82) is 0 Å². The number of carbonyl (C=O) groups is 8. The maximum atomic E-state index is 11.9. The molecule has 5 amide bonds. The fraction of sp³-hybridized carbons (Fsp3) is 0.256. The van der Waals surface area contributed by atoms with Crippen molar-refractivity contribution < 1.29 is 84.2 Å². The first-order valence-electron chi connectivity index (χ1n) is 32.5. The first-order chi connectivity index (χ1) is 54.4. The summed E-state index contributed by atoms with van der Waals surface area (Å²) in [4.78, 5) is 139. The van der Waals surface area contributed by atoms with Crippen molar-refractivity contribution in [2.24, 2.45) is 22.3 Å². The minimum absolute atomic E-state index is 0. The van der Waals surface area contributed by atoms with Gasteiger partial charge >= 0.3 is 51.2 Å². The van der Waals surface area contributed by atoms with E-state index >= 15 is 0 Å². The molecule has 0 radical (unpaired) electrons. The normalized spacial score (nSPS) is 10.3. The molecule has 16 N–H and O–H groups in total. The minimum atomic E-state index is -1.01. The zero-order valence-corrected chi connectivity index (χ0v) is 72.8. The Balaban J connectivity index is -0.000000661. The molecule has 0 spiro atoms. The Labute approximate surface area is 779 Å². The van der Waals surface area contributed by atoms with E-state index in [9.17, 15) is 38.4 Å². The van der Waals surface area contributed by atoms with E-state index in [1.54, 1.807) is 136 Å². The average molecular weight is 2020 g/mol. The summed E-state index contributed by atoms with van der Waals surface area (Å²) in [5.41, 5.74) is 24.3. The summed E-state index contributed by atoms with van der Waals surface area (Å²) < 4.78 is 1.18. The van der Waals surface area contributed by atoms with Crippen molar-refractivity contribution >= 4 is 207 Å². The number of carboxylic acids is 3. The molecule has 0 aromatic carbocycles. The quantitative estimate of drug-likeness (QED) is 0.0478. The van der Waals surface area contributed by atoms with Gasteiger partial charge in [-0.15, -0.1) is 22.7 Å². The number of pyridine rings is 7. The number of halogens is 7. The van der Waals surface area contributed by atoms with Gasteiger partial charge in [0, 0.05) is 173 Å². The molecule has 0 aliphatic carbocycles. The molecular formula is C78H100BrCl6CuN21O11S5. The molecule has 673 valence electrons. The molecule has 0 atom stereocenters. The number of aromatic amines is 1. The number of nitrogen functional groups attached to an aromatic ring is 2. The van der Waals surface area contributed by atoms with Crippen LogP contribution in [0.2, 0.25) is 14.5 Å². The zero-order valence-electron chi connectivity index (χ0n) is 61.7. The third-order valence-electron chi connectivity index (χ3n) is 13.7. The van der Waals surface area contributed by atoms with E-state index in [0.29, 0.717) is 68.9 Å². The third kappa shape index (κ3) is 44.3. The number of carboxylic acid groups (broad SMARTS) is 3. The SMILES string of the molecule is C.C.C.C.C.C.C.CC(=O)N1CCNCC1.CC(C)(C)C(=O)Nc1ncc(-c2cncc(C(N)=O)c2)s1.CC(C)(C)C(=O)Nc1nccs1.NC(=O)c1cncc(Br)c1.Nc1cc(Cl)ccn1.Nc1ncc(-c2c[nH+]cc(C(=O)O)c2)s1.O=C(O)c1cncc(-c2cnc(Cl)s2)c1.O=C(O)c1cncc(-c2cnc(Nc3cc(Cl)ccn3)s2)c1.[Cl-].[Cl][Cu][Cl]. The number of H-pyrrole nitrogens is 1. The first kappa shape index (κ1) is 119. The standard InChI is InChI=1S/C14H9ClN4O2S.C14H16N4O2S.C9H5ClN2O2S.C9H7N3O2S.C8H12N2OS.C6H5BrN2O.C6H12N2O.C5H5ClN2.7CH4.3ClH.Cu/c15-10-1-2-17-12(4-10)19-14-18-7-11(22-14)8-3-9(13(20)21)6-16-5-8;1-14(2,3)12(20)18-13-17-7-10(21-13)8-4-9(11(15)19)6-16-5-8;2*10-9-12-4-7(15-9)5-1-6(8(13)14)3-11-2-5;1-8(2,3)6(11)10-7-9-4-5-12-7;7-5-1-4(6(8)10)2-9-3-5;1-6(9)8-4-2-7-3-5-8;6-4-1-2-8-5(7)3-4;;;;;;;;;;;/h1-7H,(H,20,21)(H,17,18,19);4-7H,1-3H3,(H2,15,19)(H,17,18,20);1-4H,(H,13,14);1-4H,(H2,10,12)(H,13,14);4-5H,1-3H3,(H,9,10,11);1-3H,(H2,8,10);7H,2-5H2,1H3;1-3H,(H2,7,8);7*1H4;3*1H;/q;;;;;;;;;;;;;;;;;;+2/p-2. The van der Waals surface area contributed by atoms with E-state index in [1.165, 1.54) is 87.7 Å². The second kappa shape index (κ2) is 60.6. The Kier molecular flexibility index (Phi) is 58.8. The first-order valence-corrected chi connectivity index (χ1v) is 41.2. The summed E-state index contributed by atoms with van der Waals surface area (Å²) in [6.07, 6.45) is 26.3. The Morgan fingerprint density at radius 1 is 0.504 bits per heavy atom. The topological polar surface area (TPSA) is 509 Å². The van der Waals surface area contributed by atoms with Gasteiger partial charge in [-0.25, -0.2) is 54.3 Å². The number of amides is 5. The number of primary amides is 2. The van der Waals surface area contributed by atoms with Gasteiger partial charge in [-0.2, -0.15) is 0 Å². The molecule has 12 aromatic heterocycles. The van der Waals surface area contributed by atoms with Crippen LogP contribution >= 0.6 is 128 Å². The van der Waals surface area contributed by atoms with Gasteiger partial charge in [0.1, 0.15) is 17.2 Å². The maximum absolute atomic E-state index is 11.9. The Bertz CT molecular complexity index is 5110. The van der Waals surface area contributed by atoms with E-state index in [-0.39, 0.29) is 104 Å². The summed E-state index contributed by atoms with van der Waals surface area (Å²) in [5.74, 6) is -2.85. The molecule has 1 fully saturated rings. The molecule has 13 heterocycles. The number of carbonyl (C=O) groups excluding carboxylic acids is 5. The van der Waals surface area contributed by atoms with E-state index in [4.69, 9.17) is 73.1 Å². The second-order valence-electron chi connectivity index (χ2n) is 24.5. The molecule has 0 unspecified atom stereocenters. The molecule has 123 heavy (non-hydrogen) atoms. The van der Waals surface area contributed by atoms with Crippen molar-refractivity contribution in [3.05, 3.63) is 212 Å². The van der Waals surface area contributed by atoms with E-state index in [0.717, 1.165) is 74.4 Å². The van der Waals surface area contributed by atoms with Gasteiger partial charge in [-0.1, -0.05) is 162 Å². The van der Waals surface area contributed by atoms with Crippen LogP contribution in [0.1, 0.15) is 152 Å². The average Bonchev–Trinajstić information content (AvgIpc) is 1.69. The number of anilines is 6. The van der Waals surface area contributed by atoms with Crippen LogP contribution < -0.4 is 61.6 Å². The molecular weight excluding hydrogens is 1920 g/mol. The molecule has 1 saturated heterocycles. The predicted molar refractivity (Wildman–Crippen MR) is 498 cm³/mol. The molecule has 32 nitrogen and oxygen atoms in total. The van der Waals surface area contributed by atoms with E-state index in [1.807, 2.05) is 51.8 Å². The van der Waals surface area contributed by atoms with Gasteiger partial charge < -0.3 is 76.8 Å². The summed E-state index contributed by atoms with van der Waals surface area (Å²) >= 11 is 27.7. The van der Waals surface area contributed by atoms with Crippen LogP contribution in [0.15, 0.2) is 170 Å². The monoisotopic (exact) mass is 2020 g/mol. The number of piperazine rings is 1. The molecule has 0 bridgehead atoms. The van der Waals surface area contributed by atoms with Crippen LogP contribution in [-0.2, 0) is 27.5 Å². The van der Waals surface area contributed by atoms with E-state index < -0.39 is 35.1 Å². The fourth-order valence-electron chi connectivity index (χ4n) is 7.95. The summed E-state index contributed by atoms with van der Waals surface area (Å²) in [7, 11) is 9.34. The van der Waals surface area contributed by atoms with Crippen LogP contribution in [0, 0.1) is 10.8 Å². The Hall–Kier alpha value is -9.94. The van der Waals surface area contributed by atoms with Crippen molar-refractivity contribution in [3.8, 4) is 41.8 Å². The second-order valence-corrected chi connectivity index (χ2v) is 33.4. The molecule has 45 heteroatoms. The molecule has 12 aromatic rings. The number of hydrogen-bond donors (Lipinski definition) is 11. The number of thiazole rings is 5.